The number of halogens is 4. The van der Waals surface area contributed by atoms with Gasteiger partial charge in [0, 0.05) is 19.3 Å². The van der Waals surface area contributed by atoms with E-state index in [1.54, 1.807) is 24.1 Å². The summed E-state index contributed by atoms with van der Waals surface area (Å²) in [7, 11) is 3.88. The van der Waals surface area contributed by atoms with Crippen molar-refractivity contribution in [2.75, 3.05) is 37.4 Å². The molecular formula is C22H24BrF3N6O2. The SMILES string of the molecule is CN(Cc1ccc(-c2nnc(C(F)F)o2)cn1)c1cc(F)c(Br)cc1NC=O.CN1CCCC1. The standard InChI is InChI=1S/C17H13BrF3N5O2.C5H11N/c1-26(14-5-12(19)11(18)4-13(14)23-8-27)7-10-3-2-9(6-22-10)16-24-25-17(28-16)15(20)21;1-6-4-2-3-5-6/h2-6,8,15H,7H2,1H3,(H,23,27);2-5H2,1H3. The molecule has 0 saturated carbocycles. The topological polar surface area (TPSA) is 87.4 Å². The smallest absolute Gasteiger partial charge is 0.314 e. The number of pyridine rings is 1. The van der Waals surface area contributed by atoms with E-state index in [-0.39, 0.29) is 10.4 Å². The van der Waals surface area contributed by atoms with Crippen LogP contribution in [-0.2, 0) is 11.3 Å². The number of nitrogens with zero attached hydrogens (tertiary/aromatic N) is 5. The Morgan fingerprint density at radius 1 is 1.26 bits per heavy atom. The molecule has 0 unspecified atom stereocenters. The number of benzene rings is 1. The molecule has 1 aliphatic rings. The zero-order valence-corrected chi connectivity index (χ0v) is 20.2. The number of carbonyl (C=O) groups is 1. The Hall–Kier alpha value is -2.99. The van der Waals surface area contributed by atoms with Crippen LogP contribution in [0.1, 0.15) is 30.9 Å². The zero-order chi connectivity index (χ0) is 24.7. The van der Waals surface area contributed by atoms with Gasteiger partial charge < -0.3 is 19.5 Å². The number of hydrogen-bond donors (Lipinski definition) is 1. The molecule has 0 aliphatic carbocycles. The minimum atomic E-state index is -2.84. The highest BCUT2D eigenvalue weighted by Crippen LogP contribution is 2.31. The summed E-state index contributed by atoms with van der Waals surface area (Å²) >= 11 is 3.08. The largest absolute Gasteiger partial charge is 0.415 e. The first-order valence-electron chi connectivity index (χ1n) is 10.4. The maximum absolute atomic E-state index is 13.9. The summed E-state index contributed by atoms with van der Waals surface area (Å²) in [5.74, 6) is -1.30. The van der Waals surface area contributed by atoms with Crippen LogP contribution >= 0.6 is 15.9 Å². The van der Waals surface area contributed by atoms with Gasteiger partial charge in [0.2, 0.25) is 12.3 Å². The molecule has 1 aromatic carbocycles. The highest BCUT2D eigenvalue weighted by atomic mass is 79.9. The normalized spacial score (nSPS) is 13.5. The van der Waals surface area contributed by atoms with Crippen LogP contribution in [0.4, 0.5) is 24.5 Å². The predicted octanol–water partition coefficient (Wildman–Crippen LogP) is 4.89. The lowest BCUT2D eigenvalue weighted by molar-refractivity contribution is -0.105. The van der Waals surface area contributed by atoms with Gasteiger partial charge in [-0.25, -0.2) is 4.39 Å². The third kappa shape index (κ3) is 6.76. The Labute approximate surface area is 203 Å². The summed E-state index contributed by atoms with van der Waals surface area (Å²) in [6, 6.07) is 6.00. The number of aromatic nitrogens is 3. The lowest BCUT2D eigenvalue weighted by atomic mass is 10.2. The van der Waals surface area contributed by atoms with Gasteiger partial charge in [-0.1, -0.05) is 0 Å². The van der Waals surface area contributed by atoms with E-state index in [4.69, 9.17) is 4.42 Å². The van der Waals surface area contributed by atoms with Crippen LogP contribution in [0, 0.1) is 5.82 Å². The van der Waals surface area contributed by atoms with Crippen molar-refractivity contribution >= 4 is 33.7 Å². The molecular weight excluding hydrogens is 517 g/mol. The molecule has 1 N–H and O–H groups in total. The molecule has 2 aromatic heterocycles. The van der Waals surface area contributed by atoms with Gasteiger partial charge in [-0.2, -0.15) is 8.78 Å². The zero-order valence-electron chi connectivity index (χ0n) is 18.6. The summed E-state index contributed by atoms with van der Waals surface area (Å²) in [5, 5.41) is 9.35. The Morgan fingerprint density at radius 2 is 2.00 bits per heavy atom. The van der Waals surface area contributed by atoms with Gasteiger partial charge in [-0.3, -0.25) is 9.78 Å². The average molecular weight is 541 g/mol. The van der Waals surface area contributed by atoms with E-state index < -0.39 is 18.1 Å². The molecule has 0 atom stereocenters. The molecule has 0 spiro atoms. The van der Waals surface area contributed by atoms with Crippen molar-refractivity contribution < 1.29 is 22.4 Å². The summed E-state index contributed by atoms with van der Waals surface area (Å²) in [4.78, 5) is 19.1. The van der Waals surface area contributed by atoms with E-state index >= 15 is 0 Å². The minimum Gasteiger partial charge on any atom is -0.415 e. The molecule has 3 heterocycles. The molecule has 8 nitrogen and oxygen atoms in total. The number of hydrogen-bond acceptors (Lipinski definition) is 7. The van der Waals surface area contributed by atoms with Crippen molar-refractivity contribution in [1.82, 2.24) is 20.1 Å². The summed E-state index contributed by atoms with van der Waals surface area (Å²) in [6.07, 6.45) is 1.90. The summed E-state index contributed by atoms with van der Waals surface area (Å²) in [6.45, 7) is 2.93. The second kappa shape index (κ2) is 11.9. The summed E-state index contributed by atoms with van der Waals surface area (Å²) in [5.41, 5.74) is 1.88. The van der Waals surface area contributed by atoms with E-state index in [9.17, 15) is 18.0 Å². The molecule has 12 heteroatoms. The van der Waals surface area contributed by atoms with Crippen LogP contribution in [0.2, 0.25) is 0 Å². The van der Waals surface area contributed by atoms with E-state index in [0.29, 0.717) is 35.6 Å². The molecule has 4 rings (SSSR count). The first-order valence-corrected chi connectivity index (χ1v) is 11.2. The van der Waals surface area contributed by atoms with Crippen molar-refractivity contribution in [1.29, 1.82) is 0 Å². The second-order valence-corrected chi connectivity index (χ2v) is 8.55. The van der Waals surface area contributed by atoms with Crippen LogP contribution < -0.4 is 10.2 Å². The molecule has 34 heavy (non-hydrogen) atoms. The van der Waals surface area contributed by atoms with Gasteiger partial charge in [0.05, 0.1) is 33.6 Å². The minimum absolute atomic E-state index is 0.0600. The second-order valence-electron chi connectivity index (χ2n) is 7.70. The first-order chi connectivity index (χ1) is 16.3. The van der Waals surface area contributed by atoms with Gasteiger partial charge in [-0.15, -0.1) is 10.2 Å². The quantitative estimate of drug-likeness (QED) is 0.427. The molecule has 182 valence electrons. The van der Waals surface area contributed by atoms with Gasteiger partial charge in [-0.05, 0) is 67.1 Å². The number of anilines is 2. The van der Waals surface area contributed by atoms with Crippen molar-refractivity contribution in [3.8, 4) is 11.5 Å². The monoisotopic (exact) mass is 540 g/mol. The van der Waals surface area contributed by atoms with Crippen LogP contribution in [-0.4, -0.2) is 53.7 Å². The number of likely N-dealkylation sites (tertiary alicyclic amines) is 1. The maximum Gasteiger partial charge on any atom is 0.314 e. The molecule has 0 radical (unpaired) electrons. The number of rotatable bonds is 7. The van der Waals surface area contributed by atoms with Gasteiger partial charge in [0.1, 0.15) is 5.82 Å². The molecule has 1 aliphatic heterocycles. The molecule has 1 amide bonds. The van der Waals surface area contributed by atoms with E-state index in [2.05, 4.69) is 48.4 Å². The fourth-order valence-electron chi connectivity index (χ4n) is 3.32. The number of alkyl halides is 2. The molecule has 0 bridgehead atoms. The highest BCUT2D eigenvalue weighted by Gasteiger charge is 2.17. The van der Waals surface area contributed by atoms with E-state index in [0.717, 1.165) is 0 Å². The van der Waals surface area contributed by atoms with Crippen LogP contribution in [0.15, 0.2) is 39.4 Å². The number of nitrogens with one attached hydrogen (secondary N) is 1. The molecule has 1 saturated heterocycles. The highest BCUT2D eigenvalue weighted by molar-refractivity contribution is 9.10. The number of carbonyl (C=O) groups excluding carboxylic acids is 1. The fraction of sp³-hybridized carbons (Fsp3) is 0.364. The number of amides is 1. The van der Waals surface area contributed by atoms with Gasteiger partial charge in [0.15, 0.2) is 0 Å². The summed E-state index contributed by atoms with van der Waals surface area (Å²) < 4.78 is 44.1. The lowest BCUT2D eigenvalue weighted by Gasteiger charge is -2.22. The maximum atomic E-state index is 13.9. The van der Waals surface area contributed by atoms with E-state index in [1.165, 1.54) is 44.3 Å². The van der Waals surface area contributed by atoms with E-state index in [1.807, 2.05) is 0 Å². The Bertz CT molecular complexity index is 1090. The van der Waals surface area contributed by atoms with Crippen LogP contribution in [0.3, 0.4) is 0 Å². The Morgan fingerprint density at radius 3 is 2.53 bits per heavy atom. The van der Waals surface area contributed by atoms with Crippen molar-refractivity contribution in [3.05, 3.63) is 52.3 Å². The van der Waals surface area contributed by atoms with Gasteiger partial charge in [0.25, 0.3) is 5.89 Å². The average Bonchev–Trinajstić information content (AvgIpc) is 3.49. The van der Waals surface area contributed by atoms with Crippen LogP contribution in [0.5, 0.6) is 0 Å². The Balaban J connectivity index is 0.000000469. The van der Waals surface area contributed by atoms with Crippen molar-refractivity contribution in [2.24, 2.45) is 0 Å². The van der Waals surface area contributed by atoms with Gasteiger partial charge >= 0.3 is 6.43 Å². The Kier molecular flexibility index (Phi) is 8.99. The first kappa shape index (κ1) is 25.6. The van der Waals surface area contributed by atoms with Crippen LogP contribution in [0.25, 0.3) is 11.5 Å². The van der Waals surface area contributed by atoms with Crippen molar-refractivity contribution in [3.63, 3.8) is 0 Å². The predicted molar refractivity (Wildman–Crippen MR) is 125 cm³/mol. The molecule has 3 aromatic rings. The third-order valence-electron chi connectivity index (χ3n) is 5.09. The molecule has 1 fully saturated rings. The third-order valence-corrected chi connectivity index (χ3v) is 5.70. The fourth-order valence-corrected chi connectivity index (χ4v) is 3.66. The van der Waals surface area contributed by atoms with Crippen molar-refractivity contribution in [2.45, 2.75) is 25.8 Å². The lowest BCUT2D eigenvalue weighted by Crippen LogP contribution is -2.19.